The number of fused-ring (bicyclic) bond motifs is 3. The first kappa shape index (κ1) is 18.7. The molecular weight excluding hydrogens is 372 g/mol. The summed E-state index contributed by atoms with van der Waals surface area (Å²) in [5.41, 5.74) is 6.84. The van der Waals surface area contributed by atoms with E-state index in [1.54, 1.807) is 0 Å². The third-order valence-electron chi connectivity index (χ3n) is 6.61. The lowest BCUT2D eigenvalue weighted by molar-refractivity contribution is -0.586. The highest BCUT2D eigenvalue weighted by molar-refractivity contribution is 6.87. The second-order valence-corrected chi connectivity index (χ2v) is 13.4. The molecule has 2 aromatic heterocycles. The van der Waals surface area contributed by atoms with Gasteiger partial charge in [0.2, 0.25) is 5.52 Å². The molecule has 4 aromatic rings. The third kappa shape index (κ3) is 2.27. The predicted octanol–water partition coefficient (Wildman–Crippen LogP) is 5.66. The van der Waals surface area contributed by atoms with Crippen LogP contribution in [0.15, 0.2) is 30.3 Å². The molecule has 150 valence electrons. The minimum Gasteiger partial charge on any atom is -0.539 e. The summed E-state index contributed by atoms with van der Waals surface area (Å²) >= 11 is 0. The largest absolute Gasteiger partial charge is 0.539 e. The van der Waals surface area contributed by atoms with Crippen LogP contribution in [0, 0.1) is 13.8 Å². The van der Waals surface area contributed by atoms with Crippen LogP contribution in [0.25, 0.3) is 27.2 Å². The first-order valence-corrected chi connectivity index (χ1v) is 13.7. The molecule has 0 N–H and O–H groups in total. The quantitative estimate of drug-likeness (QED) is 0.240. The van der Waals surface area contributed by atoms with Gasteiger partial charge >= 0.3 is 0 Å². The first-order chi connectivity index (χ1) is 13.6. The summed E-state index contributed by atoms with van der Waals surface area (Å²) < 4.78 is 11.8. The van der Waals surface area contributed by atoms with E-state index < -0.39 is 8.32 Å². The Kier molecular flexibility index (Phi) is 3.77. The fraction of sp³-hybridized carbons (Fsp3) is 0.400. The van der Waals surface area contributed by atoms with Gasteiger partial charge in [0.1, 0.15) is 5.75 Å². The molecule has 0 amide bonds. The normalized spacial score (nSPS) is 15.4. The SMILES string of the molecule is Cc1ccc2c3c1c1cccc(C(C)C)c1[n+]1c3c(c(C)n1C(C)C)[Si](C)(C)O2. The van der Waals surface area contributed by atoms with E-state index in [1.165, 1.54) is 49.2 Å². The molecule has 29 heavy (non-hydrogen) atoms. The summed E-state index contributed by atoms with van der Waals surface area (Å²) in [5, 5.41) is 5.43. The van der Waals surface area contributed by atoms with Crippen molar-refractivity contribution in [2.75, 3.05) is 0 Å². The van der Waals surface area contributed by atoms with Crippen LogP contribution >= 0.6 is 0 Å². The lowest BCUT2D eigenvalue weighted by Gasteiger charge is -2.28. The maximum atomic E-state index is 6.75. The minimum atomic E-state index is -2.08. The topological polar surface area (TPSA) is 18.3 Å². The lowest BCUT2D eigenvalue weighted by Crippen LogP contribution is -2.51. The first-order valence-electron chi connectivity index (χ1n) is 10.8. The Labute approximate surface area is 174 Å². The molecule has 0 aliphatic carbocycles. The monoisotopic (exact) mass is 403 g/mol. The molecule has 1 aliphatic heterocycles. The van der Waals surface area contributed by atoms with E-state index in [2.05, 4.69) is 94.2 Å². The zero-order valence-corrected chi connectivity index (χ0v) is 19.8. The predicted molar refractivity (Wildman–Crippen MR) is 124 cm³/mol. The number of aryl methyl sites for hydroxylation is 1. The zero-order chi connectivity index (χ0) is 20.8. The van der Waals surface area contributed by atoms with E-state index >= 15 is 0 Å². The summed E-state index contributed by atoms with van der Waals surface area (Å²) in [6.07, 6.45) is 0. The third-order valence-corrected chi connectivity index (χ3v) is 9.14. The summed E-state index contributed by atoms with van der Waals surface area (Å²) in [6.45, 7) is 18.4. The van der Waals surface area contributed by atoms with E-state index in [1.807, 2.05) is 0 Å². The molecule has 4 heteroatoms. The van der Waals surface area contributed by atoms with Crippen LogP contribution in [0.4, 0.5) is 0 Å². The maximum Gasteiger partial charge on any atom is 0.285 e. The van der Waals surface area contributed by atoms with E-state index in [-0.39, 0.29) is 0 Å². The number of benzene rings is 2. The Bertz CT molecular complexity index is 1330. The highest BCUT2D eigenvalue weighted by Gasteiger charge is 2.45. The van der Waals surface area contributed by atoms with Gasteiger partial charge in [-0.2, -0.15) is 0 Å². The van der Waals surface area contributed by atoms with Crippen molar-refractivity contribution in [1.82, 2.24) is 4.68 Å². The minimum absolute atomic E-state index is 0.369. The van der Waals surface area contributed by atoms with Crippen molar-refractivity contribution in [2.45, 2.75) is 66.6 Å². The Morgan fingerprint density at radius 1 is 0.931 bits per heavy atom. The smallest absolute Gasteiger partial charge is 0.285 e. The van der Waals surface area contributed by atoms with Crippen molar-refractivity contribution < 1.29 is 8.94 Å². The van der Waals surface area contributed by atoms with Gasteiger partial charge in [0.15, 0.2) is 0 Å². The average molecular weight is 404 g/mol. The van der Waals surface area contributed by atoms with Crippen molar-refractivity contribution in [3.63, 3.8) is 0 Å². The fourth-order valence-corrected chi connectivity index (χ4v) is 8.19. The number of pyridine rings is 1. The van der Waals surface area contributed by atoms with E-state index in [9.17, 15) is 0 Å². The molecule has 5 rings (SSSR count). The van der Waals surface area contributed by atoms with Gasteiger partial charge in [-0.15, -0.1) is 4.68 Å². The van der Waals surface area contributed by atoms with Gasteiger partial charge in [-0.25, -0.2) is 0 Å². The number of aromatic nitrogens is 2. The standard InChI is InChI=1S/C25H31N2OSi/c1-14(2)18-10-9-11-19-21-16(5)12-13-20-22(21)24-25(29(7,8)28-20)17(6)26(15(3)4)27(24)23(18)19/h9-15H,1-8H3/q+1. The molecule has 0 spiro atoms. The lowest BCUT2D eigenvalue weighted by atomic mass is 9.94. The number of hydrogen-bond acceptors (Lipinski definition) is 1. The molecule has 3 nitrogen and oxygen atoms in total. The highest BCUT2D eigenvalue weighted by atomic mass is 28.4. The summed E-state index contributed by atoms with van der Waals surface area (Å²) in [7, 11) is -2.08. The Hall–Kier alpha value is -2.33. The van der Waals surface area contributed by atoms with Gasteiger partial charge in [-0.3, -0.25) is 0 Å². The number of nitrogens with zero attached hydrogens (tertiary/aromatic N) is 2. The van der Waals surface area contributed by atoms with Crippen LogP contribution < -0.4 is 14.1 Å². The van der Waals surface area contributed by atoms with E-state index in [0.717, 1.165) is 5.75 Å². The van der Waals surface area contributed by atoms with E-state index in [4.69, 9.17) is 4.43 Å². The Balaban J connectivity index is 2.25. The molecular formula is C25H31N2OSi+. The second kappa shape index (κ2) is 5.85. The average Bonchev–Trinajstić information content (AvgIpc) is 2.96. The van der Waals surface area contributed by atoms with Crippen molar-refractivity contribution >= 4 is 40.7 Å². The molecule has 3 heterocycles. The van der Waals surface area contributed by atoms with Crippen LogP contribution in [-0.4, -0.2) is 13.0 Å². The summed E-state index contributed by atoms with van der Waals surface area (Å²) in [6, 6.07) is 11.6. The van der Waals surface area contributed by atoms with Crippen LogP contribution in [0.2, 0.25) is 13.1 Å². The van der Waals surface area contributed by atoms with Crippen LogP contribution in [0.1, 0.15) is 56.5 Å². The van der Waals surface area contributed by atoms with Crippen molar-refractivity contribution in [2.24, 2.45) is 0 Å². The molecule has 0 atom stereocenters. The second-order valence-electron chi connectivity index (χ2n) is 9.70. The molecule has 0 saturated carbocycles. The molecule has 0 bridgehead atoms. The van der Waals surface area contributed by atoms with E-state index in [0.29, 0.717) is 12.0 Å². The highest BCUT2D eigenvalue weighted by Crippen LogP contribution is 2.41. The van der Waals surface area contributed by atoms with Gasteiger partial charge in [-0.1, -0.05) is 36.6 Å². The van der Waals surface area contributed by atoms with Crippen LogP contribution in [0.3, 0.4) is 0 Å². The van der Waals surface area contributed by atoms with Crippen molar-refractivity contribution in [3.8, 4) is 5.75 Å². The Morgan fingerprint density at radius 2 is 1.66 bits per heavy atom. The molecule has 0 unspecified atom stereocenters. The van der Waals surface area contributed by atoms with Crippen molar-refractivity contribution in [3.05, 3.63) is 47.2 Å². The van der Waals surface area contributed by atoms with Crippen LogP contribution in [0.5, 0.6) is 5.75 Å². The Morgan fingerprint density at radius 3 is 2.31 bits per heavy atom. The van der Waals surface area contributed by atoms with Crippen molar-refractivity contribution in [1.29, 1.82) is 0 Å². The molecule has 1 aliphatic rings. The molecule has 0 saturated heterocycles. The molecule has 0 fully saturated rings. The van der Waals surface area contributed by atoms with Gasteiger partial charge in [-0.05, 0) is 64.4 Å². The van der Waals surface area contributed by atoms with Gasteiger partial charge in [0.05, 0.1) is 27.7 Å². The van der Waals surface area contributed by atoms with Gasteiger partial charge in [0, 0.05) is 10.9 Å². The molecule has 2 aromatic carbocycles. The zero-order valence-electron chi connectivity index (χ0n) is 18.8. The number of rotatable bonds is 2. The van der Waals surface area contributed by atoms with Gasteiger partial charge in [0.25, 0.3) is 13.8 Å². The maximum absolute atomic E-state index is 6.75. The number of hydrogen-bond donors (Lipinski definition) is 0. The summed E-state index contributed by atoms with van der Waals surface area (Å²) in [5.74, 6) is 1.52. The number of para-hydroxylation sites is 1. The molecule has 0 radical (unpaired) electrons. The van der Waals surface area contributed by atoms with Gasteiger partial charge < -0.3 is 4.43 Å². The van der Waals surface area contributed by atoms with Crippen LogP contribution in [-0.2, 0) is 0 Å². The fourth-order valence-electron chi connectivity index (χ4n) is 5.59. The summed E-state index contributed by atoms with van der Waals surface area (Å²) in [4.78, 5) is 0.